The van der Waals surface area contributed by atoms with E-state index in [1.807, 2.05) is 32.7 Å². The van der Waals surface area contributed by atoms with Gasteiger partial charge in [-0.15, -0.1) is 0 Å². The summed E-state index contributed by atoms with van der Waals surface area (Å²) < 4.78 is 0. The number of nitrogens with one attached hydrogen (secondary N) is 2. The lowest BCUT2D eigenvalue weighted by Gasteiger charge is -2.38. The number of rotatable bonds is 4. The molecule has 1 atom stereocenters. The molecule has 0 radical (unpaired) electrons. The van der Waals surface area contributed by atoms with Crippen LogP contribution in [0, 0.1) is 18.8 Å². The summed E-state index contributed by atoms with van der Waals surface area (Å²) >= 11 is 0. The first-order valence-electron chi connectivity index (χ1n) is 8.20. The molecule has 1 aliphatic heterocycles. The molecule has 2 aliphatic rings. The number of anilines is 3. The maximum Gasteiger partial charge on any atom is 0.247 e. The molecule has 23 heavy (non-hydrogen) atoms. The van der Waals surface area contributed by atoms with Gasteiger partial charge in [-0.25, -0.2) is 4.98 Å². The molecule has 1 aliphatic carbocycles. The van der Waals surface area contributed by atoms with Crippen LogP contribution in [0.15, 0.2) is 0 Å². The number of likely N-dealkylation sites (N-methyl/N-ethyl adjacent to an activating group) is 1. The van der Waals surface area contributed by atoms with Gasteiger partial charge in [0.25, 0.3) is 0 Å². The highest BCUT2D eigenvalue weighted by molar-refractivity contribution is 6.03. The molecule has 126 valence electrons. The van der Waals surface area contributed by atoms with Crippen molar-refractivity contribution in [3.63, 3.8) is 0 Å². The number of aryl methyl sites for hydroxylation is 1. The third kappa shape index (κ3) is 2.85. The Balaban J connectivity index is 1.84. The number of aromatic nitrogens is 2. The third-order valence-electron chi connectivity index (χ3n) is 4.80. The smallest absolute Gasteiger partial charge is 0.247 e. The molecule has 7 heteroatoms. The molecule has 0 spiro atoms. The van der Waals surface area contributed by atoms with Crippen molar-refractivity contribution in [1.82, 2.24) is 9.97 Å². The molecule has 2 heterocycles. The first-order valence-corrected chi connectivity index (χ1v) is 8.20. The highest BCUT2D eigenvalue weighted by Crippen LogP contribution is 2.35. The zero-order valence-corrected chi connectivity index (χ0v) is 14.1. The number of nitrogens with zero attached hydrogens (tertiary/aromatic N) is 3. The van der Waals surface area contributed by atoms with Crippen molar-refractivity contribution in [1.29, 1.82) is 0 Å². The van der Waals surface area contributed by atoms with Crippen molar-refractivity contribution in [2.45, 2.75) is 45.7 Å². The van der Waals surface area contributed by atoms with Gasteiger partial charge in [0.05, 0.1) is 5.69 Å². The maximum atomic E-state index is 12.3. The molecular formula is C16H25N5O2. The van der Waals surface area contributed by atoms with E-state index in [1.54, 1.807) is 0 Å². The van der Waals surface area contributed by atoms with Crippen LogP contribution in [0.5, 0.6) is 0 Å². The number of fused-ring (bicyclic) bond motifs is 1. The van der Waals surface area contributed by atoms with E-state index in [0.717, 1.165) is 24.4 Å². The maximum absolute atomic E-state index is 12.3. The van der Waals surface area contributed by atoms with Crippen LogP contribution >= 0.6 is 0 Å². The van der Waals surface area contributed by atoms with E-state index in [0.29, 0.717) is 23.6 Å². The fourth-order valence-electron chi connectivity index (χ4n) is 3.46. The first kappa shape index (κ1) is 16.0. The lowest BCUT2D eigenvalue weighted by Crippen LogP contribution is -2.50. The second-order valence-electron chi connectivity index (χ2n) is 6.98. The van der Waals surface area contributed by atoms with Gasteiger partial charge < -0.3 is 20.6 Å². The fourth-order valence-corrected chi connectivity index (χ4v) is 3.46. The van der Waals surface area contributed by atoms with E-state index >= 15 is 0 Å². The molecular weight excluding hydrogens is 294 g/mol. The number of hydrogen-bond donors (Lipinski definition) is 3. The van der Waals surface area contributed by atoms with Crippen molar-refractivity contribution < 1.29 is 9.90 Å². The number of carbonyl (C=O) groups is 1. The summed E-state index contributed by atoms with van der Waals surface area (Å²) in [6.07, 6.45) is 1.88. The average molecular weight is 319 g/mol. The third-order valence-corrected chi connectivity index (χ3v) is 4.80. The Bertz CT molecular complexity index is 613. The van der Waals surface area contributed by atoms with E-state index in [-0.39, 0.29) is 24.5 Å². The molecule has 0 bridgehead atoms. The van der Waals surface area contributed by atoms with Crippen molar-refractivity contribution in [2.24, 2.45) is 11.8 Å². The SMILES string of the molecule is Cc1nc(N[C@H]2C[C@@H](CO)C2)nc2c1NC(=O)[C@H](C(C)C)N2C. The van der Waals surface area contributed by atoms with Gasteiger partial charge in [0, 0.05) is 19.7 Å². The standard InChI is InChI=1S/C16H25N5O2/c1-8(2)13-15(23)19-12-9(3)17-16(20-14(12)21(13)4)18-11-5-10(6-11)7-22/h8,10-11,13,22H,5-7H2,1-4H3,(H,19,23)(H,17,18,20)/t10-,11+,13-/m0/s1. The molecule has 0 unspecified atom stereocenters. The highest BCUT2D eigenvalue weighted by Gasteiger charge is 2.36. The van der Waals surface area contributed by atoms with E-state index in [1.165, 1.54) is 0 Å². The van der Waals surface area contributed by atoms with Gasteiger partial charge in [-0.05, 0) is 31.6 Å². The minimum Gasteiger partial charge on any atom is -0.396 e. The molecule has 1 aromatic heterocycles. The van der Waals surface area contributed by atoms with Gasteiger partial charge in [0.2, 0.25) is 11.9 Å². The Morgan fingerprint density at radius 1 is 1.39 bits per heavy atom. The predicted octanol–water partition coefficient (Wildman–Crippen LogP) is 1.38. The number of aliphatic hydroxyl groups excluding tert-OH is 1. The summed E-state index contributed by atoms with van der Waals surface area (Å²) in [5.41, 5.74) is 1.46. The normalized spacial score (nSPS) is 26.6. The number of amides is 1. The monoisotopic (exact) mass is 319 g/mol. The van der Waals surface area contributed by atoms with E-state index in [4.69, 9.17) is 5.11 Å². The van der Waals surface area contributed by atoms with Crippen molar-refractivity contribution in [2.75, 3.05) is 29.2 Å². The van der Waals surface area contributed by atoms with Crippen LogP contribution in [0.2, 0.25) is 0 Å². The lowest BCUT2D eigenvalue weighted by molar-refractivity contribution is -0.118. The lowest BCUT2D eigenvalue weighted by atomic mass is 9.81. The van der Waals surface area contributed by atoms with Crippen LogP contribution in [0.1, 0.15) is 32.4 Å². The van der Waals surface area contributed by atoms with Crippen LogP contribution < -0.4 is 15.5 Å². The van der Waals surface area contributed by atoms with Crippen LogP contribution in [0.25, 0.3) is 0 Å². The Morgan fingerprint density at radius 2 is 2.09 bits per heavy atom. The highest BCUT2D eigenvalue weighted by atomic mass is 16.3. The number of hydrogen-bond acceptors (Lipinski definition) is 6. The topological polar surface area (TPSA) is 90.4 Å². The van der Waals surface area contributed by atoms with Crippen molar-refractivity contribution in [3.05, 3.63) is 5.69 Å². The van der Waals surface area contributed by atoms with E-state index in [9.17, 15) is 4.79 Å². The minimum absolute atomic E-state index is 0.00723. The van der Waals surface area contributed by atoms with E-state index < -0.39 is 0 Å². The second-order valence-corrected chi connectivity index (χ2v) is 6.98. The molecule has 1 fully saturated rings. The molecule has 7 nitrogen and oxygen atoms in total. The Kier molecular flexibility index (Phi) is 4.14. The zero-order chi connectivity index (χ0) is 16.7. The number of aliphatic hydroxyl groups is 1. The Hall–Kier alpha value is -1.89. The molecule has 0 saturated heterocycles. The van der Waals surface area contributed by atoms with Crippen LogP contribution in [-0.2, 0) is 4.79 Å². The minimum atomic E-state index is -0.230. The summed E-state index contributed by atoms with van der Waals surface area (Å²) in [5, 5.41) is 15.4. The Morgan fingerprint density at radius 3 is 2.70 bits per heavy atom. The molecule has 1 saturated carbocycles. The molecule has 3 rings (SSSR count). The van der Waals surface area contributed by atoms with Gasteiger partial charge in [0.1, 0.15) is 11.7 Å². The van der Waals surface area contributed by atoms with Gasteiger partial charge in [0.15, 0.2) is 5.82 Å². The second kappa shape index (κ2) is 5.96. The molecule has 1 amide bonds. The number of carbonyl (C=O) groups excluding carboxylic acids is 1. The predicted molar refractivity (Wildman–Crippen MR) is 89.6 cm³/mol. The van der Waals surface area contributed by atoms with Crippen LogP contribution in [-0.4, -0.2) is 46.7 Å². The summed E-state index contributed by atoms with van der Waals surface area (Å²) in [7, 11) is 1.91. The largest absolute Gasteiger partial charge is 0.396 e. The zero-order valence-electron chi connectivity index (χ0n) is 14.1. The van der Waals surface area contributed by atoms with Gasteiger partial charge in [-0.2, -0.15) is 4.98 Å². The van der Waals surface area contributed by atoms with Crippen LogP contribution in [0.3, 0.4) is 0 Å². The summed E-state index contributed by atoms with van der Waals surface area (Å²) in [5.74, 6) is 1.92. The van der Waals surface area contributed by atoms with Crippen LogP contribution in [0.4, 0.5) is 17.5 Å². The van der Waals surface area contributed by atoms with Crippen molar-refractivity contribution >= 4 is 23.4 Å². The fraction of sp³-hybridized carbons (Fsp3) is 0.688. The average Bonchev–Trinajstić information content (AvgIpc) is 2.43. The van der Waals surface area contributed by atoms with Gasteiger partial charge in [-0.1, -0.05) is 13.8 Å². The molecule has 0 aromatic carbocycles. The molecule has 3 N–H and O–H groups in total. The van der Waals surface area contributed by atoms with Crippen molar-refractivity contribution in [3.8, 4) is 0 Å². The molecule has 1 aromatic rings. The van der Waals surface area contributed by atoms with E-state index in [2.05, 4.69) is 20.6 Å². The summed E-state index contributed by atoms with van der Waals surface area (Å²) in [4.78, 5) is 23.3. The summed E-state index contributed by atoms with van der Waals surface area (Å²) in [6.45, 7) is 6.19. The first-order chi connectivity index (χ1) is 10.9. The van der Waals surface area contributed by atoms with Gasteiger partial charge >= 0.3 is 0 Å². The summed E-state index contributed by atoms with van der Waals surface area (Å²) in [6, 6.07) is 0.0844. The quantitative estimate of drug-likeness (QED) is 0.777. The van der Waals surface area contributed by atoms with Gasteiger partial charge in [-0.3, -0.25) is 4.79 Å². The Labute approximate surface area is 136 Å².